The molecular weight excluding hydrogens is 318 g/mol. The Balaban J connectivity index is 2.26. The van der Waals surface area contributed by atoms with Crippen molar-refractivity contribution >= 4 is 15.9 Å². The van der Waals surface area contributed by atoms with Crippen LogP contribution in [0.3, 0.4) is 0 Å². The summed E-state index contributed by atoms with van der Waals surface area (Å²) >= 11 is 3.49. The summed E-state index contributed by atoms with van der Waals surface area (Å²) in [5, 5.41) is 10.5. The zero-order valence-electron chi connectivity index (χ0n) is 11.6. The van der Waals surface area contributed by atoms with Crippen molar-refractivity contribution in [2.45, 2.75) is 26.4 Å². The molecule has 0 spiro atoms. The number of pyridine rings is 1. The van der Waals surface area contributed by atoms with Crippen molar-refractivity contribution in [1.82, 2.24) is 4.98 Å². The summed E-state index contributed by atoms with van der Waals surface area (Å²) in [6, 6.07) is 7.72. The van der Waals surface area contributed by atoms with Gasteiger partial charge in [-0.15, -0.1) is 0 Å². The van der Waals surface area contributed by atoms with Crippen LogP contribution < -0.4 is 4.74 Å². The molecule has 0 radical (unpaired) electrons. The number of nitrogens with zero attached hydrogens (tertiary/aromatic N) is 1. The van der Waals surface area contributed by atoms with Crippen molar-refractivity contribution in [3.8, 4) is 5.75 Å². The van der Waals surface area contributed by atoms with E-state index in [1.807, 2.05) is 31.2 Å². The van der Waals surface area contributed by atoms with Gasteiger partial charge in [0.05, 0.1) is 12.8 Å². The number of ether oxygens (including phenoxy) is 1. The Bertz CT molecular complexity index is 586. The number of rotatable bonds is 5. The SMILES string of the molecule is CCCOc1cncc(C(O)c2ccc(C)cc2Br)c1. The average Bonchev–Trinajstić information content (AvgIpc) is 2.45. The number of halogens is 1. The molecule has 0 aliphatic rings. The van der Waals surface area contributed by atoms with Gasteiger partial charge in [0.1, 0.15) is 11.9 Å². The maximum Gasteiger partial charge on any atom is 0.137 e. The van der Waals surface area contributed by atoms with E-state index in [2.05, 4.69) is 27.8 Å². The molecule has 2 rings (SSSR count). The second-order valence-corrected chi connectivity index (χ2v) is 5.58. The zero-order valence-corrected chi connectivity index (χ0v) is 13.2. The molecule has 1 unspecified atom stereocenters. The molecule has 0 aliphatic carbocycles. The van der Waals surface area contributed by atoms with Crippen LogP contribution in [-0.2, 0) is 0 Å². The lowest BCUT2D eigenvalue weighted by molar-refractivity contribution is 0.218. The van der Waals surface area contributed by atoms with E-state index < -0.39 is 6.10 Å². The Morgan fingerprint density at radius 3 is 2.80 bits per heavy atom. The van der Waals surface area contributed by atoms with Gasteiger partial charge in [0.25, 0.3) is 0 Å². The smallest absolute Gasteiger partial charge is 0.137 e. The number of aryl methyl sites for hydroxylation is 1. The number of aliphatic hydroxyl groups is 1. The fraction of sp³-hybridized carbons (Fsp3) is 0.312. The van der Waals surface area contributed by atoms with Crippen LogP contribution in [0.15, 0.2) is 41.1 Å². The molecule has 20 heavy (non-hydrogen) atoms. The van der Waals surface area contributed by atoms with Crippen LogP contribution in [0.5, 0.6) is 5.75 Å². The Morgan fingerprint density at radius 1 is 1.30 bits per heavy atom. The van der Waals surface area contributed by atoms with Gasteiger partial charge in [-0.3, -0.25) is 4.98 Å². The minimum Gasteiger partial charge on any atom is -0.492 e. The van der Waals surface area contributed by atoms with E-state index in [0.29, 0.717) is 12.4 Å². The third kappa shape index (κ3) is 3.58. The topological polar surface area (TPSA) is 42.4 Å². The molecule has 0 amide bonds. The molecule has 2 aromatic rings. The summed E-state index contributed by atoms with van der Waals surface area (Å²) in [6.07, 6.45) is 3.55. The van der Waals surface area contributed by atoms with Gasteiger partial charge >= 0.3 is 0 Å². The highest BCUT2D eigenvalue weighted by Gasteiger charge is 2.14. The van der Waals surface area contributed by atoms with Crippen molar-refractivity contribution < 1.29 is 9.84 Å². The van der Waals surface area contributed by atoms with Gasteiger partial charge in [-0.2, -0.15) is 0 Å². The van der Waals surface area contributed by atoms with E-state index in [-0.39, 0.29) is 0 Å². The predicted octanol–water partition coefficient (Wildman–Crippen LogP) is 4.02. The molecule has 1 N–H and O–H groups in total. The Labute approximate surface area is 127 Å². The van der Waals surface area contributed by atoms with Gasteiger partial charge in [-0.25, -0.2) is 0 Å². The van der Waals surface area contributed by atoms with Crippen molar-refractivity contribution in [2.24, 2.45) is 0 Å². The number of aromatic nitrogens is 1. The molecule has 0 aliphatic heterocycles. The summed E-state index contributed by atoms with van der Waals surface area (Å²) in [5.74, 6) is 0.687. The molecule has 106 valence electrons. The maximum absolute atomic E-state index is 10.5. The van der Waals surface area contributed by atoms with Crippen LogP contribution >= 0.6 is 15.9 Å². The van der Waals surface area contributed by atoms with Crippen LogP contribution in [0.2, 0.25) is 0 Å². The summed E-state index contributed by atoms with van der Waals surface area (Å²) < 4.78 is 6.44. The highest BCUT2D eigenvalue weighted by molar-refractivity contribution is 9.10. The fourth-order valence-electron chi connectivity index (χ4n) is 1.92. The van der Waals surface area contributed by atoms with E-state index in [9.17, 15) is 5.11 Å². The maximum atomic E-state index is 10.5. The second kappa shape index (κ2) is 6.86. The molecular formula is C16H18BrNO2. The number of hydrogen-bond acceptors (Lipinski definition) is 3. The molecule has 0 fully saturated rings. The van der Waals surface area contributed by atoms with Crippen molar-refractivity contribution in [3.05, 3.63) is 57.8 Å². The van der Waals surface area contributed by atoms with Crippen LogP contribution in [0.1, 0.15) is 36.1 Å². The first-order chi connectivity index (χ1) is 9.61. The van der Waals surface area contributed by atoms with Crippen LogP contribution in [0, 0.1) is 6.92 Å². The summed E-state index contributed by atoms with van der Waals surface area (Å²) in [7, 11) is 0. The molecule has 1 atom stereocenters. The molecule has 4 heteroatoms. The lowest BCUT2D eigenvalue weighted by Gasteiger charge is -2.14. The van der Waals surface area contributed by atoms with Gasteiger partial charge in [0.2, 0.25) is 0 Å². The largest absolute Gasteiger partial charge is 0.492 e. The van der Waals surface area contributed by atoms with E-state index in [1.165, 1.54) is 0 Å². The second-order valence-electron chi connectivity index (χ2n) is 4.73. The summed E-state index contributed by atoms with van der Waals surface area (Å²) in [5.41, 5.74) is 2.69. The molecule has 1 heterocycles. The zero-order chi connectivity index (χ0) is 14.5. The normalized spacial score (nSPS) is 12.2. The van der Waals surface area contributed by atoms with E-state index in [1.54, 1.807) is 12.4 Å². The number of hydrogen-bond donors (Lipinski definition) is 1. The third-order valence-corrected chi connectivity index (χ3v) is 3.66. The van der Waals surface area contributed by atoms with Gasteiger partial charge in [0.15, 0.2) is 0 Å². The van der Waals surface area contributed by atoms with E-state index >= 15 is 0 Å². The fourth-order valence-corrected chi connectivity index (χ4v) is 2.63. The van der Waals surface area contributed by atoms with Crippen LogP contribution in [0.4, 0.5) is 0 Å². The first-order valence-corrected chi connectivity index (χ1v) is 7.43. The van der Waals surface area contributed by atoms with E-state index in [4.69, 9.17) is 4.74 Å². The first kappa shape index (κ1) is 15.0. The van der Waals surface area contributed by atoms with Crippen molar-refractivity contribution in [1.29, 1.82) is 0 Å². The van der Waals surface area contributed by atoms with Gasteiger partial charge in [-0.1, -0.05) is 35.0 Å². The minimum atomic E-state index is -0.720. The minimum absolute atomic E-state index is 0.648. The van der Waals surface area contributed by atoms with Gasteiger partial charge in [0, 0.05) is 16.2 Å². The predicted molar refractivity (Wildman–Crippen MR) is 83.0 cm³/mol. The molecule has 0 saturated heterocycles. The molecule has 1 aromatic heterocycles. The molecule has 0 bridgehead atoms. The molecule has 0 saturated carbocycles. The van der Waals surface area contributed by atoms with Gasteiger partial charge < -0.3 is 9.84 Å². The lowest BCUT2D eigenvalue weighted by Crippen LogP contribution is -2.03. The van der Waals surface area contributed by atoms with Crippen molar-refractivity contribution in [3.63, 3.8) is 0 Å². The standard InChI is InChI=1S/C16H18BrNO2/c1-3-6-20-13-8-12(9-18-10-13)16(19)14-5-4-11(2)7-15(14)17/h4-5,7-10,16,19H,3,6H2,1-2H3. The monoisotopic (exact) mass is 335 g/mol. The van der Waals surface area contributed by atoms with Crippen molar-refractivity contribution in [2.75, 3.05) is 6.61 Å². The molecule has 1 aromatic carbocycles. The summed E-state index contributed by atoms with van der Waals surface area (Å²) in [6.45, 7) is 4.71. The Kier molecular flexibility index (Phi) is 5.15. The number of benzene rings is 1. The average molecular weight is 336 g/mol. The summed E-state index contributed by atoms with van der Waals surface area (Å²) in [4.78, 5) is 4.13. The Morgan fingerprint density at radius 2 is 2.10 bits per heavy atom. The van der Waals surface area contributed by atoms with Crippen LogP contribution in [0.25, 0.3) is 0 Å². The highest BCUT2D eigenvalue weighted by atomic mass is 79.9. The first-order valence-electron chi connectivity index (χ1n) is 6.63. The van der Waals surface area contributed by atoms with Crippen LogP contribution in [-0.4, -0.2) is 16.7 Å². The number of aliphatic hydroxyl groups excluding tert-OH is 1. The lowest BCUT2D eigenvalue weighted by atomic mass is 10.0. The highest BCUT2D eigenvalue weighted by Crippen LogP contribution is 2.30. The quantitative estimate of drug-likeness (QED) is 0.897. The van der Waals surface area contributed by atoms with E-state index in [0.717, 1.165) is 27.6 Å². The Hall–Kier alpha value is -1.39. The van der Waals surface area contributed by atoms with Gasteiger partial charge in [-0.05, 0) is 36.6 Å². The molecule has 3 nitrogen and oxygen atoms in total. The third-order valence-electron chi connectivity index (χ3n) is 2.97.